The van der Waals surface area contributed by atoms with Crippen LogP contribution >= 0.6 is 0 Å². The second kappa shape index (κ2) is 3.37. The van der Waals surface area contributed by atoms with Crippen LogP contribution in [-0.2, 0) is 0 Å². The van der Waals surface area contributed by atoms with E-state index in [4.69, 9.17) is 5.11 Å². The molecule has 0 aliphatic rings. The Morgan fingerprint density at radius 1 is 1.36 bits per heavy atom. The minimum atomic E-state index is -1.50. The molecule has 1 N–H and O–H groups in total. The van der Waals surface area contributed by atoms with Gasteiger partial charge in [0.15, 0.2) is 0 Å². The number of aryl methyl sites for hydroxylation is 1. The van der Waals surface area contributed by atoms with Crippen LogP contribution in [-0.4, -0.2) is 17.0 Å². The van der Waals surface area contributed by atoms with Crippen LogP contribution in [0.4, 0.5) is 0 Å². The quantitative estimate of drug-likeness (QED) is 0.659. The summed E-state index contributed by atoms with van der Waals surface area (Å²) >= 11 is 0. The molecule has 5 heteroatoms. The smallest absolute Gasteiger partial charge is 0.335 e. The predicted molar refractivity (Wildman–Crippen MR) is 41.9 cm³/mol. The van der Waals surface area contributed by atoms with Crippen LogP contribution in [0.1, 0.15) is 26.3 Å². The minimum Gasteiger partial charge on any atom is -0.872 e. The Morgan fingerprint density at radius 2 is 1.93 bits per heavy atom. The lowest BCUT2D eigenvalue weighted by atomic mass is 10.1. The summed E-state index contributed by atoms with van der Waals surface area (Å²) in [5.74, 6) is -3.63. The summed E-state index contributed by atoms with van der Waals surface area (Å²) in [6, 6.07) is 1.89. The van der Waals surface area contributed by atoms with Gasteiger partial charge in [0, 0.05) is 0 Å². The molecule has 0 saturated carbocycles. The van der Waals surface area contributed by atoms with E-state index in [1.807, 2.05) is 0 Å². The van der Waals surface area contributed by atoms with Crippen LogP contribution in [0.3, 0.4) is 0 Å². The van der Waals surface area contributed by atoms with Crippen LogP contribution in [0.5, 0.6) is 5.75 Å². The van der Waals surface area contributed by atoms with Gasteiger partial charge in [0.25, 0.3) is 0 Å². The Labute approximate surface area is 79.2 Å². The van der Waals surface area contributed by atoms with Crippen molar-refractivity contribution in [3.63, 3.8) is 0 Å². The van der Waals surface area contributed by atoms with Gasteiger partial charge in [-0.2, -0.15) is 0 Å². The first-order valence-electron chi connectivity index (χ1n) is 3.69. The SMILES string of the molecule is Cc1cc(C(=O)[O-])cc(C(=O)O)c1[O-]. The molecule has 74 valence electrons. The van der Waals surface area contributed by atoms with Crippen LogP contribution in [0, 0.1) is 6.92 Å². The topological polar surface area (TPSA) is 100 Å². The molecule has 0 bridgehead atoms. The fourth-order valence-electron chi connectivity index (χ4n) is 1.05. The van der Waals surface area contributed by atoms with E-state index >= 15 is 0 Å². The first-order chi connectivity index (χ1) is 6.43. The normalized spacial score (nSPS) is 9.79. The summed E-state index contributed by atoms with van der Waals surface area (Å²) < 4.78 is 0. The molecule has 0 atom stereocenters. The van der Waals surface area contributed by atoms with Crippen molar-refractivity contribution in [3.8, 4) is 5.75 Å². The fourth-order valence-corrected chi connectivity index (χ4v) is 1.05. The van der Waals surface area contributed by atoms with Gasteiger partial charge in [-0.25, -0.2) is 4.79 Å². The first kappa shape index (κ1) is 10.0. The molecule has 14 heavy (non-hydrogen) atoms. The minimum absolute atomic E-state index is 0.0732. The van der Waals surface area contributed by atoms with Crippen LogP contribution in [0.2, 0.25) is 0 Å². The van der Waals surface area contributed by atoms with Crippen molar-refractivity contribution in [1.82, 2.24) is 0 Å². The zero-order valence-electron chi connectivity index (χ0n) is 7.23. The van der Waals surface area contributed by atoms with Crippen molar-refractivity contribution in [3.05, 3.63) is 28.8 Å². The zero-order valence-corrected chi connectivity index (χ0v) is 7.23. The van der Waals surface area contributed by atoms with Gasteiger partial charge in [0.05, 0.1) is 11.5 Å². The second-order valence-electron chi connectivity index (χ2n) is 2.76. The number of carboxylic acid groups (broad SMARTS) is 2. The van der Waals surface area contributed by atoms with Crippen LogP contribution in [0.25, 0.3) is 0 Å². The number of benzene rings is 1. The van der Waals surface area contributed by atoms with Crippen molar-refractivity contribution in [2.24, 2.45) is 0 Å². The molecule has 0 fully saturated rings. The molecular weight excluding hydrogens is 188 g/mol. The van der Waals surface area contributed by atoms with Gasteiger partial charge in [-0.15, -0.1) is 0 Å². The zero-order chi connectivity index (χ0) is 10.9. The highest BCUT2D eigenvalue weighted by molar-refractivity contribution is 5.95. The van der Waals surface area contributed by atoms with Gasteiger partial charge in [0.1, 0.15) is 0 Å². The van der Waals surface area contributed by atoms with Crippen LogP contribution in [0.15, 0.2) is 12.1 Å². The number of hydrogen-bond acceptors (Lipinski definition) is 4. The number of hydrogen-bond donors (Lipinski definition) is 1. The highest BCUT2D eigenvalue weighted by atomic mass is 16.4. The summed E-state index contributed by atoms with van der Waals surface area (Å²) in [4.78, 5) is 21.0. The average molecular weight is 194 g/mol. The van der Waals surface area contributed by atoms with E-state index in [1.54, 1.807) is 0 Å². The second-order valence-corrected chi connectivity index (χ2v) is 2.76. The van der Waals surface area contributed by atoms with Gasteiger partial charge in [-0.05, 0) is 18.6 Å². The highest BCUT2D eigenvalue weighted by Gasteiger charge is 2.07. The van der Waals surface area contributed by atoms with E-state index in [-0.39, 0.29) is 11.1 Å². The molecule has 5 nitrogen and oxygen atoms in total. The van der Waals surface area contributed by atoms with Crippen molar-refractivity contribution >= 4 is 11.9 Å². The molecule has 0 saturated heterocycles. The van der Waals surface area contributed by atoms with E-state index in [0.717, 1.165) is 12.1 Å². The number of rotatable bonds is 2. The van der Waals surface area contributed by atoms with Crippen molar-refractivity contribution in [2.45, 2.75) is 6.92 Å². The Morgan fingerprint density at radius 3 is 2.36 bits per heavy atom. The Hall–Kier alpha value is -2.04. The molecule has 0 amide bonds. The number of carbonyl (C=O) groups is 2. The molecule has 0 radical (unpaired) electrons. The van der Waals surface area contributed by atoms with Gasteiger partial charge < -0.3 is 20.1 Å². The maximum absolute atomic E-state index is 11.2. The number of aromatic carboxylic acids is 2. The summed E-state index contributed by atoms with van der Waals surface area (Å²) in [6.07, 6.45) is 0. The van der Waals surface area contributed by atoms with Crippen molar-refractivity contribution in [2.75, 3.05) is 0 Å². The summed E-state index contributed by atoms with van der Waals surface area (Å²) in [5.41, 5.74) is -0.784. The number of carboxylic acids is 2. The van der Waals surface area contributed by atoms with E-state index < -0.39 is 23.3 Å². The Kier molecular flexibility index (Phi) is 2.42. The lowest BCUT2D eigenvalue weighted by molar-refractivity contribution is -0.269. The molecular formula is C9H6O5-2. The fraction of sp³-hybridized carbons (Fsp3) is 0.111. The molecule has 1 rings (SSSR count). The molecule has 0 unspecified atom stereocenters. The average Bonchev–Trinajstić information content (AvgIpc) is 2.08. The van der Waals surface area contributed by atoms with E-state index in [2.05, 4.69) is 0 Å². The van der Waals surface area contributed by atoms with Gasteiger partial charge in [-0.1, -0.05) is 17.4 Å². The molecule has 0 heterocycles. The summed E-state index contributed by atoms with van der Waals surface area (Å²) in [6.45, 7) is 1.35. The van der Waals surface area contributed by atoms with Crippen molar-refractivity contribution < 1.29 is 24.9 Å². The van der Waals surface area contributed by atoms with E-state index in [1.165, 1.54) is 6.92 Å². The summed E-state index contributed by atoms with van der Waals surface area (Å²) in [7, 11) is 0. The lowest BCUT2D eigenvalue weighted by Gasteiger charge is -2.16. The third-order valence-corrected chi connectivity index (χ3v) is 1.74. The molecule has 0 aliphatic carbocycles. The first-order valence-corrected chi connectivity index (χ1v) is 3.69. The lowest BCUT2D eigenvalue weighted by Crippen LogP contribution is -2.23. The third kappa shape index (κ3) is 1.66. The van der Waals surface area contributed by atoms with Gasteiger partial charge >= 0.3 is 5.97 Å². The Bertz CT molecular complexity index is 408. The molecule has 0 aromatic heterocycles. The largest absolute Gasteiger partial charge is 0.872 e. The maximum atomic E-state index is 11.2. The maximum Gasteiger partial charge on any atom is 0.335 e. The summed E-state index contributed by atoms with van der Waals surface area (Å²) in [5, 5.41) is 30.2. The highest BCUT2D eigenvalue weighted by Crippen LogP contribution is 2.20. The molecule has 0 spiro atoms. The van der Waals surface area contributed by atoms with Gasteiger partial charge in [0.2, 0.25) is 0 Å². The van der Waals surface area contributed by atoms with Gasteiger partial charge in [-0.3, -0.25) is 0 Å². The standard InChI is InChI=1S/C9H8O5/c1-4-2-5(8(11)12)3-6(7(4)10)9(13)14/h2-3,10H,1H3,(H,11,12)(H,13,14)/p-2. The Balaban J connectivity index is 3.43. The monoisotopic (exact) mass is 194 g/mol. The molecule has 0 aliphatic heterocycles. The molecule has 1 aromatic rings. The van der Waals surface area contributed by atoms with E-state index in [0.29, 0.717) is 0 Å². The third-order valence-electron chi connectivity index (χ3n) is 1.74. The molecule has 1 aromatic carbocycles. The predicted octanol–water partition coefficient (Wildman–Crippen LogP) is -0.870. The van der Waals surface area contributed by atoms with Crippen molar-refractivity contribution in [1.29, 1.82) is 0 Å². The number of carbonyl (C=O) groups excluding carboxylic acids is 1. The van der Waals surface area contributed by atoms with E-state index in [9.17, 15) is 19.8 Å². The van der Waals surface area contributed by atoms with Crippen LogP contribution < -0.4 is 10.2 Å².